The fourth-order valence-corrected chi connectivity index (χ4v) is 7.16. The van der Waals surface area contributed by atoms with Crippen molar-refractivity contribution in [3.63, 3.8) is 0 Å². The number of ether oxygens (including phenoxy) is 1. The number of piperazine rings is 1. The number of aliphatic hydroxyl groups excluding tert-OH is 1. The Balaban J connectivity index is 0.995. The van der Waals surface area contributed by atoms with Crippen molar-refractivity contribution in [2.75, 3.05) is 50.8 Å². The van der Waals surface area contributed by atoms with E-state index < -0.39 is 0 Å². The summed E-state index contributed by atoms with van der Waals surface area (Å²) in [6, 6.07) is 6.07. The molecule has 5 aliphatic rings. The molecule has 5 heteroatoms. The number of β-amino-alcohol motifs (C(OH)–C–C–N with tert-alkyl or cyclic N) is 1. The number of rotatable bonds is 8. The van der Waals surface area contributed by atoms with E-state index >= 15 is 0 Å². The largest absolute Gasteiger partial charge is 0.389 e. The summed E-state index contributed by atoms with van der Waals surface area (Å²) in [6.07, 6.45) is 11.6. The summed E-state index contributed by atoms with van der Waals surface area (Å²) < 4.78 is 5.97. The Bertz CT molecular complexity index is 624. The van der Waals surface area contributed by atoms with Crippen molar-refractivity contribution in [1.29, 1.82) is 0 Å². The van der Waals surface area contributed by atoms with Gasteiger partial charge in [0.15, 0.2) is 0 Å². The molecule has 5 nitrogen and oxygen atoms in total. The molecule has 1 aliphatic heterocycles. The number of hydrogen-bond acceptors (Lipinski definition) is 5. The molecule has 160 valence electrons. The molecule has 4 bridgehead atoms. The van der Waals surface area contributed by atoms with Gasteiger partial charge in [-0.05, 0) is 80.2 Å². The maximum Gasteiger partial charge on any atom is 0.128 e. The fourth-order valence-electron chi connectivity index (χ4n) is 7.16. The Morgan fingerprint density at radius 2 is 1.72 bits per heavy atom. The monoisotopic (exact) mass is 399 g/mol. The quantitative estimate of drug-likeness (QED) is 0.681. The van der Waals surface area contributed by atoms with Crippen molar-refractivity contribution in [3.8, 4) is 0 Å². The molecule has 1 atom stereocenters. The lowest BCUT2D eigenvalue weighted by Gasteiger charge is -2.57. The lowest BCUT2D eigenvalue weighted by atomic mass is 9.49. The maximum absolute atomic E-state index is 10.5. The van der Waals surface area contributed by atoms with E-state index in [1.165, 1.54) is 44.9 Å². The summed E-state index contributed by atoms with van der Waals surface area (Å²) in [4.78, 5) is 9.12. The van der Waals surface area contributed by atoms with E-state index in [1.807, 2.05) is 18.3 Å². The van der Waals surface area contributed by atoms with E-state index in [-0.39, 0.29) is 6.10 Å². The smallest absolute Gasteiger partial charge is 0.128 e. The van der Waals surface area contributed by atoms with Crippen molar-refractivity contribution in [2.45, 2.75) is 51.0 Å². The van der Waals surface area contributed by atoms with Crippen molar-refractivity contribution in [1.82, 2.24) is 9.88 Å². The first-order valence-electron chi connectivity index (χ1n) is 11.8. The summed E-state index contributed by atoms with van der Waals surface area (Å²) in [7, 11) is 0. The van der Waals surface area contributed by atoms with Gasteiger partial charge in [-0.3, -0.25) is 4.90 Å². The number of hydrogen-bond donors (Lipinski definition) is 1. The van der Waals surface area contributed by atoms with Gasteiger partial charge >= 0.3 is 0 Å². The predicted molar refractivity (Wildman–Crippen MR) is 115 cm³/mol. The van der Waals surface area contributed by atoms with Crippen LogP contribution in [0.2, 0.25) is 0 Å². The Morgan fingerprint density at radius 3 is 2.34 bits per heavy atom. The molecule has 1 aromatic rings. The van der Waals surface area contributed by atoms with Gasteiger partial charge in [-0.25, -0.2) is 4.98 Å². The van der Waals surface area contributed by atoms with Gasteiger partial charge in [-0.1, -0.05) is 6.07 Å². The Labute approximate surface area is 175 Å². The van der Waals surface area contributed by atoms with Gasteiger partial charge < -0.3 is 14.7 Å². The molecule has 0 unspecified atom stereocenters. The summed E-state index contributed by atoms with van der Waals surface area (Å²) in [6.45, 7) is 5.91. The van der Waals surface area contributed by atoms with E-state index in [1.54, 1.807) is 0 Å². The van der Waals surface area contributed by atoms with Crippen LogP contribution in [0.5, 0.6) is 0 Å². The fraction of sp³-hybridized carbons (Fsp3) is 0.792. The molecular weight excluding hydrogens is 362 g/mol. The lowest BCUT2D eigenvalue weighted by molar-refractivity contribution is -0.0741. The summed E-state index contributed by atoms with van der Waals surface area (Å²) in [5.41, 5.74) is 0.585. The van der Waals surface area contributed by atoms with Crippen LogP contribution in [0.15, 0.2) is 24.4 Å². The average Bonchev–Trinajstić information content (AvgIpc) is 2.71. The molecule has 1 N–H and O–H groups in total. The third-order valence-electron chi connectivity index (χ3n) is 8.07. The minimum absolute atomic E-state index is 0.382. The third kappa shape index (κ3) is 4.62. The Kier molecular flexibility index (Phi) is 5.81. The molecule has 0 aromatic carbocycles. The molecule has 0 amide bonds. The first kappa shape index (κ1) is 19.8. The first-order chi connectivity index (χ1) is 14.2. The van der Waals surface area contributed by atoms with Crippen LogP contribution in [0.1, 0.15) is 44.9 Å². The van der Waals surface area contributed by atoms with Crippen LogP contribution >= 0.6 is 0 Å². The van der Waals surface area contributed by atoms with E-state index in [9.17, 15) is 5.11 Å². The van der Waals surface area contributed by atoms with Gasteiger partial charge in [0.2, 0.25) is 0 Å². The van der Waals surface area contributed by atoms with Crippen LogP contribution < -0.4 is 4.90 Å². The minimum Gasteiger partial charge on any atom is -0.389 e. The second kappa shape index (κ2) is 8.52. The second-order valence-corrected chi connectivity index (χ2v) is 10.4. The normalized spacial score (nSPS) is 35.2. The summed E-state index contributed by atoms with van der Waals surface area (Å²) in [5, 5.41) is 10.5. The molecule has 29 heavy (non-hydrogen) atoms. The topological polar surface area (TPSA) is 48.8 Å². The Morgan fingerprint density at radius 1 is 1.03 bits per heavy atom. The standard InChI is InChI=1S/C24H37N3O2/c28-22(17-26-6-8-27(9-7-26)23-3-1-2-5-25-23)18-29-10-4-24-14-19-11-20(15-24)13-21(12-19)16-24/h1-3,5,19-22,28H,4,6-18H2/t19?,20?,21?,22-,24?/m0/s1. The zero-order valence-electron chi connectivity index (χ0n) is 17.7. The minimum atomic E-state index is -0.382. The molecule has 1 saturated heterocycles. The molecule has 0 spiro atoms. The average molecular weight is 400 g/mol. The number of aromatic nitrogens is 1. The van der Waals surface area contributed by atoms with Gasteiger partial charge in [0, 0.05) is 45.5 Å². The van der Waals surface area contributed by atoms with Gasteiger partial charge in [0.1, 0.15) is 5.82 Å². The van der Waals surface area contributed by atoms with E-state index in [0.29, 0.717) is 18.6 Å². The molecule has 0 radical (unpaired) electrons. The van der Waals surface area contributed by atoms with Gasteiger partial charge in [0.25, 0.3) is 0 Å². The SMILES string of the molecule is O[C@H](COCCC12CC3CC(CC(C3)C1)C2)CN1CCN(c2ccccn2)CC1. The van der Waals surface area contributed by atoms with E-state index in [4.69, 9.17) is 4.74 Å². The molecule has 6 rings (SSSR count). The zero-order valence-corrected chi connectivity index (χ0v) is 17.7. The molecule has 1 aromatic heterocycles. The van der Waals surface area contributed by atoms with Crippen molar-refractivity contribution in [2.24, 2.45) is 23.2 Å². The van der Waals surface area contributed by atoms with Crippen LogP contribution in [0.4, 0.5) is 5.82 Å². The highest BCUT2D eigenvalue weighted by Gasteiger charge is 2.50. The number of pyridine rings is 1. The van der Waals surface area contributed by atoms with E-state index in [2.05, 4.69) is 20.9 Å². The van der Waals surface area contributed by atoms with Crippen molar-refractivity contribution in [3.05, 3.63) is 24.4 Å². The van der Waals surface area contributed by atoms with Crippen LogP contribution in [-0.2, 0) is 4.74 Å². The molecule has 4 aliphatic carbocycles. The predicted octanol–water partition coefficient (Wildman–Crippen LogP) is 3.19. The molecule has 4 saturated carbocycles. The van der Waals surface area contributed by atoms with Crippen LogP contribution in [0, 0.1) is 23.2 Å². The summed E-state index contributed by atoms with van der Waals surface area (Å²) >= 11 is 0. The Hall–Kier alpha value is -1.17. The number of aliphatic hydroxyl groups is 1. The molecule has 5 fully saturated rings. The highest BCUT2D eigenvalue weighted by molar-refractivity contribution is 5.38. The van der Waals surface area contributed by atoms with Crippen molar-refractivity contribution >= 4 is 5.82 Å². The lowest BCUT2D eigenvalue weighted by Crippen LogP contribution is -2.49. The van der Waals surface area contributed by atoms with Crippen LogP contribution in [-0.4, -0.2) is 67.0 Å². The van der Waals surface area contributed by atoms with Crippen molar-refractivity contribution < 1.29 is 9.84 Å². The van der Waals surface area contributed by atoms with E-state index in [0.717, 1.165) is 56.4 Å². The first-order valence-corrected chi connectivity index (χ1v) is 11.8. The van der Waals surface area contributed by atoms with Gasteiger partial charge in [-0.2, -0.15) is 0 Å². The molecular formula is C24H37N3O2. The molecule has 2 heterocycles. The third-order valence-corrected chi connectivity index (χ3v) is 8.07. The summed E-state index contributed by atoms with van der Waals surface area (Å²) in [5.74, 6) is 4.09. The van der Waals surface area contributed by atoms with Gasteiger partial charge in [-0.15, -0.1) is 0 Å². The van der Waals surface area contributed by atoms with Crippen LogP contribution in [0.3, 0.4) is 0 Å². The highest BCUT2D eigenvalue weighted by Crippen LogP contribution is 2.61. The van der Waals surface area contributed by atoms with Gasteiger partial charge in [0.05, 0.1) is 12.7 Å². The highest BCUT2D eigenvalue weighted by atomic mass is 16.5. The maximum atomic E-state index is 10.5. The number of nitrogens with zero attached hydrogens (tertiary/aromatic N) is 3. The number of anilines is 1. The zero-order chi connectivity index (χ0) is 19.7. The second-order valence-electron chi connectivity index (χ2n) is 10.4. The van der Waals surface area contributed by atoms with Crippen LogP contribution in [0.25, 0.3) is 0 Å².